The molecule has 0 spiro atoms. The Morgan fingerprint density at radius 2 is 1.88 bits per heavy atom. The summed E-state index contributed by atoms with van der Waals surface area (Å²) in [5.74, 6) is 0.715. The average molecular weight is 459 g/mol. The van der Waals surface area contributed by atoms with E-state index in [0.717, 1.165) is 33.4 Å². The number of fused-ring (bicyclic) bond motifs is 1. The number of halogens is 2. The molecule has 1 aromatic carbocycles. The van der Waals surface area contributed by atoms with E-state index in [9.17, 15) is 8.78 Å². The number of aromatic nitrogens is 3. The first-order valence-corrected chi connectivity index (χ1v) is 11.8. The highest BCUT2D eigenvalue weighted by Crippen LogP contribution is 2.31. The van der Waals surface area contributed by atoms with Gasteiger partial charge < -0.3 is 10.3 Å². The van der Waals surface area contributed by atoms with E-state index in [1.54, 1.807) is 7.05 Å². The summed E-state index contributed by atoms with van der Waals surface area (Å²) in [7, 11) is 1.68. The van der Waals surface area contributed by atoms with Gasteiger partial charge in [0, 0.05) is 42.9 Å². The van der Waals surface area contributed by atoms with Crippen LogP contribution in [0.25, 0.3) is 22.2 Å². The summed E-state index contributed by atoms with van der Waals surface area (Å²) in [4.78, 5) is 12.5. The van der Waals surface area contributed by atoms with Gasteiger partial charge in [0.25, 0.3) is 0 Å². The van der Waals surface area contributed by atoms with Gasteiger partial charge in [-0.05, 0) is 43.0 Å². The third kappa shape index (κ3) is 7.58. The van der Waals surface area contributed by atoms with E-state index < -0.39 is 6.43 Å². The van der Waals surface area contributed by atoms with Crippen LogP contribution in [0.4, 0.5) is 20.4 Å². The Hall–Kier alpha value is -2.90. The van der Waals surface area contributed by atoms with Crippen LogP contribution in [0.1, 0.15) is 64.9 Å². The number of azo groups is 1. The van der Waals surface area contributed by atoms with Crippen LogP contribution < -0.4 is 5.32 Å². The zero-order valence-electron chi connectivity index (χ0n) is 20.3. The van der Waals surface area contributed by atoms with Crippen molar-refractivity contribution in [3.63, 3.8) is 0 Å². The van der Waals surface area contributed by atoms with Gasteiger partial charge in [-0.3, -0.25) is 0 Å². The highest BCUT2D eigenvalue weighted by atomic mass is 19.3. The Morgan fingerprint density at radius 3 is 2.48 bits per heavy atom. The molecule has 6 nitrogen and oxygen atoms in total. The number of nitrogens with one attached hydrogen (secondary N) is 2. The van der Waals surface area contributed by atoms with Crippen molar-refractivity contribution < 1.29 is 8.78 Å². The standard InChI is InChI=1S/C20H24N6.C3H6F2.C2H6/c1-13-10-14(8-9-18(13)26-21-2)16-11-22-19-17(16)12-23-20(25-19)24-15-6-4-3-5-7-15;1-2-3(4)5;1-2/h8-12,15H,3-7H2,1-2H3,(H2,22,23,24,25);3H,2H2,1H3;1-2H3. The number of H-pyrrole nitrogens is 1. The molecule has 180 valence electrons. The summed E-state index contributed by atoms with van der Waals surface area (Å²) in [5, 5.41) is 12.5. The van der Waals surface area contributed by atoms with Gasteiger partial charge in [0.2, 0.25) is 12.4 Å². The van der Waals surface area contributed by atoms with Gasteiger partial charge >= 0.3 is 0 Å². The monoisotopic (exact) mass is 458 g/mol. The molecule has 1 fully saturated rings. The van der Waals surface area contributed by atoms with Gasteiger partial charge in [-0.15, -0.1) is 0 Å². The molecule has 1 saturated carbocycles. The number of aryl methyl sites for hydroxylation is 1. The number of hydrogen-bond acceptors (Lipinski definition) is 5. The summed E-state index contributed by atoms with van der Waals surface area (Å²) in [6.07, 6.45) is 8.11. The van der Waals surface area contributed by atoms with E-state index in [1.807, 2.05) is 39.2 Å². The maximum atomic E-state index is 10.8. The van der Waals surface area contributed by atoms with E-state index in [4.69, 9.17) is 0 Å². The van der Waals surface area contributed by atoms with Crippen LogP contribution in [0.2, 0.25) is 0 Å². The maximum absolute atomic E-state index is 10.8. The minimum Gasteiger partial charge on any atom is -0.351 e. The smallest absolute Gasteiger partial charge is 0.238 e. The molecule has 4 rings (SSSR count). The average Bonchev–Trinajstić information content (AvgIpc) is 3.26. The molecular formula is C25H36F2N6. The van der Waals surface area contributed by atoms with Crippen LogP contribution >= 0.6 is 0 Å². The van der Waals surface area contributed by atoms with Crippen LogP contribution in [0.3, 0.4) is 0 Å². The first kappa shape index (κ1) is 26.4. The SMILES string of the molecule is CC.CCC(F)F.CN=Nc1ccc(-c2c[nH]c3nc(NC4CCCCC4)ncc23)cc1C. The molecule has 1 aliphatic carbocycles. The van der Waals surface area contributed by atoms with Crippen molar-refractivity contribution in [2.75, 3.05) is 12.4 Å². The Bertz CT molecular complexity index is 1010. The molecule has 2 aromatic heterocycles. The van der Waals surface area contributed by atoms with E-state index in [-0.39, 0.29) is 6.42 Å². The molecule has 33 heavy (non-hydrogen) atoms. The van der Waals surface area contributed by atoms with Gasteiger partial charge in [-0.1, -0.05) is 46.1 Å². The summed E-state index contributed by atoms with van der Waals surface area (Å²) in [6, 6.07) is 6.68. The zero-order chi connectivity index (χ0) is 24.2. The number of anilines is 1. The summed E-state index contributed by atoms with van der Waals surface area (Å²) in [6.45, 7) is 7.50. The topological polar surface area (TPSA) is 78.3 Å². The highest BCUT2D eigenvalue weighted by molar-refractivity contribution is 5.93. The lowest BCUT2D eigenvalue weighted by atomic mass is 9.96. The molecule has 1 aliphatic rings. The predicted octanol–water partition coefficient (Wildman–Crippen LogP) is 8.08. The van der Waals surface area contributed by atoms with Crippen LogP contribution in [0, 0.1) is 6.92 Å². The van der Waals surface area contributed by atoms with Crippen LogP contribution in [0.5, 0.6) is 0 Å². The fourth-order valence-corrected chi connectivity index (χ4v) is 3.69. The van der Waals surface area contributed by atoms with Gasteiger partial charge in [0.05, 0.1) is 5.69 Å². The third-order valence-corrected chi connectivity index (χ3v) is 5.39. The van der Waals surface area contributed by atoms with Crippen molar-refractivity contribution >= 4 is 22.7 Å². The van der Waals surface area contributed by atoms with Gasteiger partial charge in [0.1, 0.15) is 5.65 Å². The second-order valence-electron chi connectivity index (χ2n) is 7.74. The zero-order valence-corrected chi connectivity index (χ0v) is 20.3. The van der Waals surface area contributed by atoms with Crippen LogP contribution in [0.15, 0.2) is 40.8 Å². The molecular weight excluding hydrogens is 422 g/mol. The molecule has 3 aromatic rings. The maximum Gasteiger partial charge on any atom is 0.238 e. The van der Waals surface area contributed by atoms with Gasteiger partial charge in [-0.2, -0.15) is 15.2 Å². The molecule has 0 radical (unpaired) electrons. The molecule has 0 aliphatic heterocycles. The van der Waals surface area contributed by atoms with Crippen LogP contribution in [-0.2, 0) is 0 Å². The van der Waals surface area contributed by atoms with Gasteiger partial charge in [0.15, 0.2) is 0 Å². The molecule has 0 bridgehead atoms. The highest BCUT2D eigenvalue weighted by Gasteiger charge is 2.15. The molecule has 8 heteroatoms. The number of hydrogen-bond donors (Lipinski definition) is 2. The largest absolute Gasteiger partial charge is 0.351 e. The first-order chi connectivity index (χ1) is 16.0. The van der Waals surface area contributed by atoms with E-state index in [0.29, 0.717) is 12.0 Å². The van der Waals surface area contributed by atoms with Crippen molar-refractivity contribution in [2.45, 2.75) is 78.7 Å². The molecule has 0 unspecified atom stereocenters. The second kappa shape index (κ2) is 13.6. The van der Waals surface area contributed by atoms with E-state index in [1.165, 1.54) is 39.0 Å². The lowest BCUT2D eigenvalue weighted by molar-refractivity contribution is 0.144. The fourth-order valence-electron chi connectivity index (χ4n) is 3.69. The Morgan fingerprint density at radius 1 is 1.18 bits per heavy atom. The normalized spacial score (nSPS) is 14.1. The summed E-state index contributed by atoms with van der Waals surface area (Å²) in [5.41, 5.74) is 5.08. The van der Waals surface area contributed by atoms with Crippen LogP contribution in [-0.4, -0.2) is 34.5 Å². The van der Waals surface area contributed by atoms with E-state index in [2.05, 4.69) is 42.6 Å². The lowest BCUT2D eigenvalue weighted by Crippen LogP contribution is -2.23. The fraction of sp³-hybridized carbons (Fsp3) is 0.520. The number of rotatable bonds is 5. The number of benzene rings is 1. The Kier molecular flexibility index (Phi) is 10.9. The molecule has 0 saturated heterocycles. The number of aromatic amines is 1. The summed E-state index contributed by atoms with van der Waals surface area (Å²) >= 11 is 0. The molecule has 0 atom stereocenters. The minimum atomic E-state index is -2.12. The first-order valence-electron chi connectivity index (χ1n) is 11.8. The van der Waals surface area contributed by atoms with Crippen molar-refractivity contribution in [1.82, 2.24) is 15.0 Å². The van der Waals surface area contributed by atoms with Crippen molar-refractivity contribution in [3.05, 3.63) is 36.2 Å². The Balaban J connectivity index is 0.000000489. The number of nitrogens with zero attached hydrogens (tertiary/aromatic N) is 4. The quantitative estimate of drug-likeness (QED) is 0.379. The number of alkyl halides is 2. The Labute approximate surface area is 195 Å². The van der Waals surface area contributed by atoms with Crippen molar-refractivity contribution in [3.8, 4) is 11.1 Å². The van der Waals surface area contributed by atoms with E-state index >= 15 is 0 Å². The van der Waals surface area contributed by atoms with Crippen molar-refractivity contribution in [1.29, 1.82) is 0 Å². The predicted molar refractivity (Wildman–Crippen MR) is 133 cm³/mol. The third-order valence-electron chi connectivity index (χ3n) is 5.39. The van der Waals surface area contributed by atoms with Crippen molar-refractivity contribution in [2.24, 2.45) is 10.2 Å². The second-order valence-corrected chi connectivity index (χ2v) is 7.74. The molecule has 2 N–H and O–H groups in total. The summed E-state index contributed by atoms with van der Waals surface area (Å²) < 4.78 is 21.5. The molecule has 2 heterocycles. The van der Waals surface area contributed by atoms with Gasteiger partial charge in [-0.25, -0.2) is 13.8 Å². The lowest BCUT2D eigenvalue weighted by Gasteiger charge is -2.22. The molecule has 0 amide bonds. The minimum absolute atomic E-state index is 0.0278.